The highest BCUT2D eigenvalue weighted by molar-refractivity contribution is 14.0. The number of aliphatic imine (C=N–C) groups is 1. The first-order valence-corrected chi connectivity index (χ1v) is 10.5. The van der Waals surface area contributed by atoms with E-state index in [2.05, 4.69) is 35.9 Å². The Hall–Kier alpha value is -0.570. The first kappa shape index (κ1) is 25.5. The Morgan fingerprint density at radius 3 is 2.71 bits per heavy atom. The predicted octanol–water partition coefficient (Wildman–Crippen LogP) is 4.27. The quantitative estimate of drug-likeness (QED) is 0.299. The lowest BCUT2D eigenvalue weighted by molar-refractivity contribution is 0.110. The maximum absolute atomic E-state index is 6.13. The van der Waals surface area contributed by atoms with Crippen LogP contribution in [0.1, 0.15) is 38.9 Å². The Bertz CT molecular complexity index is 598. The van der Waals surface area contributed by atoms with Gasteiger partial charge in [-0.05, 0) is 50.0 Å². The molecule has 2 atom stereocenters. The summed E-state index contributed by atoms with van der Waals surface area (Å²) < 4.78 is 5.67. The molecule has 2 unspecified atom stereocenters. The van der Waals surface area contributed by atoms with Gasteiger partial charge >= 0.3 is 0 Å². The number of methoxy groups -OCH3 is 1. The van der Waals surface area contributed by atoms with E-state index in [0.717, 1.165) is 49.3 Å². The second kappa shape index (κ2) is 13.6. The molecule has 1 aromatic carbocycles. The van der Waals surface area contributed by atoms with Crippen LogP contribution in [0.2, 0.25) is 5.02 Å². The summed E-state index contributed by atoms with van der Waals surface area (Å²) in [4.78, 5) is 9.78. The number of benzene rings is 1. The van der Waals surface area contributed by atoms with Crippen molar-refractivity contribution in [2.45, 2.75) is 33.3 Å². The zero-order chi connectivity index (χ0) is 19.6. The van der Waals surface area contributed by atoms with E-state index in [1.165, 1.54) is 13.0 Å². The zero-order valence-electron chi connectivity index (χ0n) is 17.7. The minimum Gasteiger partial charge on any atom is -0.375 e. The third-order valence-corrected chi connectivity index (χ3v) is 5.48. The van der Waals surface area contributed by atoms with Gasteiger partial charge in [0.1, 0.15) is 6.10 Å². The Morgan fingerprint density at radius 1 is 1.36 bits per heavy atom. The highest BCUT2D eigenvalue weighted by atomic mass is 127. The largest absolute Gasteiger partial charge is 0.375 e. The van der Waals surface area contributed by atoms with Crippen LogP contribution in [0.15, 0.2) is 29.3 Å². The Balaban J connectivity index is 0.00000392. The van der Waals surface area contributed by atoms with Crippen LogP contribution in [-0.2, 0) is 4.74 Å². The molecule has 1 saturated heterocycles. The van der Waals surface area contributed by atoms with E-state index in [1.807, 2.05) is 24.3 Å². The number of likely N-dealkylation sites (tertiary alicyclic amines) is 1. The van der Waals surface area contributed by atoms with Crippen LogP contribution in [0.25, 0.3) is 0 Å². The first-order chi connectivity index (χ1) is 13.1. The monoisotopic (exact) mass is 522 g/mol. The molecule has 1 aliphatic rings. The predicted molar refractivity (Wildman–Crippen MR) is 130 cm³/mol. The summed E-state index contributed by atoms with van der Waals surface area (Å²) in [5.74, 6) is 1.70. The molecule has 0 saturated carbocycles. The number of nitrogens with zero attached hydrogens (tertiary/aromatic N) is 3. The lowest BCUT2D eigenvalue weighted by Gasteiger charge is -2.25. The highest BCUT2D eigenvalue weighted by Crippen LogP contribution is 2.22. The van der Waals surface area contributed by atoms with E-state index in [-0.39, 0.29) is 30.1 Å². The molecule has 1 aromatic rings. The second-order valence-electron chi connectivity index (χ2n) is 7.06. The molecule has 1 aliphatic heterocycles. The van der Waals surface area contributed by atoms with Crippen molar-refractivity contribution in [3.8, 4) is 0 Å². The van der Waals surface area contributed by atoms with Crippen LogP contribution >= 0.6 is 35.6 Å². The summed E-state index contributed by atoms with van der Waals surface area (Å²) in [6, 6.07) is 7.83. The summed E-state index contributed by atoms with van der Waals surface area (Å²) in [6.07, 6.45) is 1.13. The molecule has 0 bridgehead atoms. The Kier molecular flexibility index (Phi) is 12.4. The van der Waals surface area contributed by atoms with Crippen LogP contribution in [0, 0.1) is 5.92 Å². The van der Waals surface area contributed by atoms with E-state index >= 15 is 0 Å². The molecule has 160 valence electrons. The van der Waals surface area contributed by atoms with Gasteiger partial charge in [0, 0.05) is 38.3 Å². The topological polar surface area (TPSA) is 40.1 Å². The van der Waals surface area contributed by atoms with Crippen molar-refractivity contribution in [1.29, 1.82) is 0 Å². The number of ether oxygens (including phenoxy) is 1. The van der Waals surface area contributed by atoms with Crippen molar-refractivity contribution in [3.63, 3.8) is 0 Å². The summed E-state index contributed by atoms with van der Waals surface area (Å²) in [5.41, 5.74) is 1.06. The van der Waals surface area contributed by atoms with Gasteiger partial charge in [0.15, 0.2) is 5.96 Å². The third-order valence-electron chi connectivity index (χ3n) is 5.24. The second-order valence-corrected chi connectivity index (χ2v) is 7.50. The van der Waals surface area contributed by atoms with E-state index < -0.39 is 0 Å². The van der Waals surface area contributed by atoms with Crippen LogP contribution in [-0.4, -0.2) is 68.7 Å². The minimum absolute atomic E-state index is 0. The Labute approximate surface area is 192 Å². The molecule has 7 heteroatoms. The van der Waals surface area contributed by atoms with Crippen LogP contribution in [0.4, 0.5) is 0 Å². The summed E-state index contributed by atoms with van der Waals surface area (Å²) in [7, 11) is 1.73. The van der Waals surface area contributed by atoms with Gasteiger partial charge in [0.2, 0.25) is 0 Å². The molecule has 0 amide bonds. The number of hydrogen-bond donors (Lipinski definition) is 1. The van der Waals surface area contributed by atoms with Gasteiger partial charge in [-0.3, -0.25) is 4.99 Å². The average molecular weight is 523 g/mol. The van der Waals surface area contributed by atoms with Crippen molar-refractivity contribution in [1.82, 2.24) is 15.1 Å². The van der Waals surface area contributed by atoms with Crippen molar-refractivity contribution in [2.75, 3.05) is 52.9 Å². The van der Waals surface area contributed by atoms with E-state index in [0.29, 0.717) is 12.5 Å². The molecule has 1 N–H and O–H groups in total. The molecular weight excluding hydrogens is 487 g/mol. The molecule has 2 rings (SSSR count). The molecule has 1 heterocycles. The fourth-order valence-electron chi connectivity index (χ4n) is 3.64. The fraction of sp³-hybridized carbons (Fsp3) is 0.667. The standard InChI is InChI=1S/C21H35ClN4O.HI/c1-5-23-21(26-12-11-17(16-26)15-25(6-2)7-3)24-14-20(27-4)18-9-8-10-19(22)13-18;/h8-10,13,17,20H,5-7,11-12,14-16H2,1-4H3,(H,23,24);1H. The van der Waals surface area contributed by atoms with Gasteiger partial charge in [-0.15, -0.1) is 24.0 Å². The number of rotatable bonds is 9. The number of nitrogens with one attached hydrogen (secondary N) is 1. The molecule has 0 radical (unpaired) electrons. The number of hydrogen-bond acceptors (Lipinski definition) is 3. The lowest BCUT2D eigenvalue weighted by atomic mass is 10.1. The minimum atomic E-state index is -0.0913. The van der Waals surface area contributed by atoms with Crippen LogP contribution in [0.3, 0.4) is 0 Å². The van der Waals surface area contributed by atoms with E-state index in [9.17, 15) is 0 Å². The molecule has 28 heavy (non-hydrogen) atoms. The van der Waals surface area contributed by atoms with Gasteiger partial charge in [-0.1, -0.05) is 37.6 Å². The zero-order valence-corrected chi connectivity index (χ0v) is 20.7. The van der Waals surface area contributed by atoms with E-state index in [4.69, 9.17) is 21.3 Å². The lowest BCUT2D eigenvalue weighted by Crippen LogP contribution is -2.41. The molecular formula is C21H36ClIN4O. The van der Waals surface area contributed by atoms with Crippen molar-refractivity contribution in [3.05, 3.63) is 34.9 Å². The van der Waals surface area contributed by atoms with Crippen molar-refractivity contribution >= 4 is 41.5 Å². The molecule has 0 spiro atoms. The maximum Gasteiger partial charge on any atom is 0.194 e. The molecule has 0 aromatic heterocycles. The summed E-state index contributed by atoms with van der Waals surface area (Å²) in [5, 5.41) is 4.18. The van der Waals surface area contributed by atoms with Gasteiger partial charge in [-0.25, -0.2) is 0 Å². The van der Waals surface area contributed by atoms with Crippen molar-refractivity contribution in [2.24, 2.45) is 10.9 Å². The summed E-state index contributed by atoms with van der Waals surface area (Å²) >= 11 is 6.13. The number of guanidine groups is 1. The smallest absolute Gasteiger partial charge is 0.194 e. The fourth-order valence-corrected chi connectivity index (χ4v) is 3.84. The first-order valence-electron chi connectivity index (χ1n) is 10.1. The number of halogens is 2. The maximum atomic E-state index is 6.13. The SMILES string of the molecule is CCNC(=NCC(OC)c1cccc(Cl)c1)N1CCC(CN(CC)CC)C1.I. The van der Waals surface area contributed by atoms with Crippen LogP contribution in [0.5, 0.6) is 0 Å². The highest BCUT2D eigenvalue weighted by Gasteiger charge is 2.26. The van der Waals surface area contributed by atoms with Crippen molar-refractivity contribution < 1.29 is 4.74 Å². The van der Waals surface area contributed by atoms with E-state index in [1.54, 1.807) is 7.11 Å². The average Bonchev–Trinajstić information content (AvgIpc) is 3.14. The molecule has 1 fully saturated rings. The Morgan fingerprint density at radius 2 is 2.11 bits per heavy atom. The van der Waals surface area contributed by atoms with Gasteiger partial charge in [0.25, 0.3) is 0 Å². The van der Waals surface area contributed by atoms with Crippen LogP contribution < -0.4 is 5.32 Å². The summed E-state index contributed by atoms with van der Waals surface area (Å²) in [6.45, 7) is 13.6. The molecule has 0 aliphatic carbocycles. The van der Waals surface area contributed by atoms with Gasteiger partial charge in [-0.2, -0.15) is 0 Å². The third kappa shape index (κ3) is 7.69. The molecule has 5 nitrogen and oxygen atoms in total. The van der Waals surface area contributed by atoms with Gasteiger partial charge < -0.3 is 19.9 Å². The van der Waals surface area contributed by atoms with Gasteiger partial charge in [0.05, 0.1) is 6.54 Å². The normalized spacial score (nSPS) is 18.3.